The van der Waals surface area contributed by atoms with E-state index in [0.29, 0.717) is 16.9 Å². The second-order valence-electron chi connectivity index (χ2n) is 10.1. The lowest BCUT2D eigenvalue weighted by molar-refractivity contribution is -0.141. The number of thioether (sulfide) groups is 1. The Bertz CT molecular complexity index is 1510. The number of ether oxygens (including phenoxy) is 1. The van der Waals surface area contributed by atoms with Gasteiger partial charge in [-0.15, -0.1) is 11.8 Å². The van der Waals surface area contributed by atoms with Crippen LogP contribution in [0.3, 0.4) is 0 Å². The minimum atomic E-state index is -4.61. The third-order valence-corrected chi connectivity index (χ3v) is 8.82. The number of carbonyl (C=O) groups is 1. The highest BCUT2D eigenvalue weighted by atomic mass is 32.2. The molecule has 1 amide bonds. The Hall–Kier alpha value is -3.32. The molecule has 1 aromatic heterocycles. The fourth-order valence-corrected chi connectivity index (χ4v) is 6.67. The third-order valence-electron chi connectivity index (χ3n) is 6.85. The van der Waals surface area contributed by atoms with Crippen LogP contribution in [0.5, 0.6) is 5.75 Å². The average Bonchev–Trinajstić information content (AvgIpc) is 2.93. The third kappa shape index (κ3) is 8.37. The van der Waals surface area contributed by atoms with Gasteiger partial charge in [-0.05, 0) is 54.3 Å². The zero-order chi connectivity index (χ0) is 30.5. The number of anilines is 1. The summed E-state index contributed by atoms with van der Waals surface area (Å²) in [5.74, 6) is -1.88. The van der Waals surface area contributed by atoms with Gasteiger partial charge in [0, 0.05) is 17.4 Å². The van der Waals surface area contributed by atoms with Crippen LogP contribution < -0.4 is 14.8 Å². The molecule has 7 nitrogen and oxygen atoms in total. The van der Waals surface area contributed by atoms with Crippen molar-refractivity contribution < 1.29 is 35.5 Å². The standard InChI is InChI=1S/C29H31F4N3O4S2/c1-40-21-12-8-18(9-13-21)26(19-10-14-24(23(30)16-19)36-42(2,38)39)27(37)34-17-20-11-15-25(29(31,32)33)35-28(20)41-22-6-4-3-5-7-22/h8-16,22,26,36H,3-7,17H2,1-2H3,(H,34,37). The molecule has 1 aliphatic rings. The summed E-state index contributed by atoms with van der Waals surface area (Å²) in [6, 6.07) is 12.6. The van der Waals surface area contributed by atoms with Crippen LogP contribution in [0.2, 0.25) is 0 Å². The molecule has 2 N–H and O–H groups in total. The average molecular weight is 626 g/mol. The van der Waals surface area contributed by atoms with Crippen LogP contribution >= 0.6 is 11.8 Å². The molecule has 42 heavy (non-hydrogen) atoms. The summed E-state index contributed by atoms with van der Waals surface area (Å²) in [6.45, 7) is -0.0954. The van der Waals surface area contributed by atoms with E-state index >= 15 is 0 Å². The normalized spacial score (nSPS) is 15.2. The molecule has 1 heterocycles. The van der Waals surface area contributed by atoms with E-state index in [2.05, 4.69) is 15.0 Å². The van der Waals surface area contributed by atoms with Crippen molar-refractivity contribution in [2.24, 2.45) is 0 Å². The molecule has 1 unspecified atom stereocenters. The summed E-state index contributed by atoms with van der Waals surface area (Å²) >= 11 is 1.30. The monoisotopic (exact) mass is 625 g/mol. The molecular formula is C29H31F4N3O4S2. The van der Waals surface area contributed by atoms with E-state index in [-0.39, 0.29) is 28.1 Å². The molecule has 1 fully saturated rings. The number of nitrogens with zero attached hydrogens (tertiary/aromatic N) is 1. The van der Waals surface area contributed by atoms with Gasteiger partial charge >= 0.3 is 6.18 Å². The number of carbonyl (C=O) groups excluding carboxylic acids is 1. The molecule has 0 spiro atoms. The van der Waals surface area contributed by atoms with Crippen molar-refractivity contribution in [3.63, 3.8) is 0 Å². The van der Waals surface area contributed by atoms with E-state index in [1.54, 1.807) is 24.3 Å². The largest absolute Gasteiger partial charge is 0.497 e. The van der Waals surface area contributed by atoms with Gasteiger partial charge in [-0.3, -0.25) is 9.52 Å². The first-order chi connectivity index (χ1) is 19.8. The number of sulfonamides is 1. The van der Waals surface area contributed by atoms with E-state index in [1.807, 2.05) is 0 Å². The number of hydrogen-bond acceptors (Lipinski definition) is 6. The molecule has 4 rings (SSSR count). The summed E-state index contributed by atoms with van der Waals surface area (Å²) in [7, 11) is -2.25. The minimum Gasteiger partial charge on any atom is -0.497 e. The van der Waals surface area contributed by atoms with Crippen LogP contribution in [-0.2, 0) is 27.5 Å². The van der Waals surface area contributed by atoms with E-state index in [1.165, 1.54) is 37.1 Å². The second kappa shape index (κ2) is 13.3. The van der Waals surface area contributed by atoms with Gasteiger partial charge in [0.1, 0.15) is 22.3 Å². The number of alkyl halides is 3. The summed E-state index contributed by atoms with van der Waals surface area (Å²) in [6.07, 6.45) is 1.14. The zero-order valence-corrected chi connectivity index (χ0v) is 24.6. The maximum Gasteiger partial charge on any atom is 0.433 e. The van der Waals surface area contributed by atoms with Crippen molar-refractivity contribution in [3.8, 4) is 5.75 Å². The Morgan fingerprint density at radius 2 is 1.71 bits per heavy atom. The molecule has 0 aliphatic heterocycles. The number of pyridine rings is 1. The number of nitrogens with one attached hydrogen (secondary N) is 2. The van der Waals surface area contributed by atoms with Crippen LogP contribution in [0.1, 0.15) is 60.4 Å². The van der Waals surface area contributed by atoms with E-state index in [0.717, 1.165) is 50.5 Å². The molecule has 0 radical (unpaired) electrons. The van der Waals surface area contributed by atoms with Gasteiger partial charge in [0.25, 0.3) is 0 Å². The predicted octanol–water partition coefficient (Wildman–Crippen LogP) is 6.49. The molecule has 1 aliphatic carbocycles. The van der Waals surface area contributed by atoms with E-state index in [4.69, 9.17) is 4.74 Å². The van der Waals surface area contributed by atoms with Crippen LogP contribution in [0.25, 0.3) is 0 Å². The van der Waals surface area contributed by atoms with Crippen molar-refractivity contribution >= 4 is 33.4 Å². The molecule has 0 saturated heterocycles. The first-order valence-electron chi connectivity index (χ1n) is 13.3. The Labute approximate surface area is 246 Å². The highest BCUT2D eigenvalue weighted by Crippen LogP contribution is 2.37. The van der Waals surface area contributed by atoms with Crippen molar-refractivity contribution in [1.29, 1.82) is 0 Å². The SMILES string of the molecule is COc1ccc(C(C(=O)NCc2ccc(C(F)(F)F)nc2SC2CCCCC2)c2ccc(NS(C)(=O)=O)c(F)c2)cc1. The van der Waals surface area contributed by atoms with Gasteiger partial charge in [0.15, 0.2) is 0 Å². The Balaban J connectivity index is 1.63. The lowest BCUT2D eigenvalue weighted by atomic mass is 9.90. The molecule has 13 heteroatoms. The van der Waals surface area contributed by atoms with Crippen molar-refractivity contribution in [3.05, 3.63) is 82.8 Å². The van der Waals surface area contributed by atoms with Crippen LogP contribution in [-0.4, -0.2) is 37.9 Å². The van der Waals surface area contributed by atoms with Crippen LogP contribution in [0.15, 0.2) is 59.6 Å². The lowest BCUT2D eigenvalue weighted by Gasteiger charge is -2.23. The number of methoxy groups -OCH3 is 1. The number of benzene rings is 2. The summed E-state index contributed by atoms with van der Waals surface area (Å²) in [5, 5.41) is 3.15. The van der Waals surface area contributed by atoms with Gasteiger partial charge in [-0.2, -0.15) is 13.2 Å². The fraction of sp³-hybridized carbons (Fsp3) is 0.379. The summed E-state index contributed by atoms with van der Waals surface area (Å²) in [5.41, 5.74) is -0.0738. The first kappa shape index (κ1) is 31.6. The molecule has 0 bridgehead atoms. The van der Waals surface area contributed by atoms with Gasteiger partial charge in [-0.1, -0.05) is 43.5 Å². The minimum absolute atomic E-state index is 0.0954. The van der Waals surface area contributed by atoms with Gasteiger partial charge in [0.05, 0.1) is 25.0 Å². The maximum atomic E-state index is 14.9. The quantitative estimate of drug-likeness (QED) is 0.250. The Kier molecular flexibility index (Phi) is 10.0. The summed E-state index contributed by atoms with van der Waals surface area (Å²) in [4.78, 5) is 17.6. The molecule has 226 valence electrons. The summed E-state index contributed by atoms with van der Waals surface area (Å²) < 4.78 is 85.8. The number of aromatic nitrogens is 1. The predicted molar refractivity (Wildman–Crippen MR) is 154 cm³/mol. The maximum absolute atomic E-state index is 14.9. The van der Waals surface area contributed by atoms with Gasteiger partial charge in [-0.25, -0.2) is 17.8 Å². The van der Waals surface area contributed by atoms with Crippen LogP contribution in [0.4, 0.5) is 23.2 Å². The molecule has 2 aromatic carbocycles. The van der Waals surface area contributed by atoms with E-state index in [9.17, 15) is 30.8 Å². The van der Waals surface area contributed by atoms with Crippen molar-refractivity contribution in [1.82, 2.24) is 10.3 Å². The fourth-order valence-electron chi connectivity index (χ4n) is 4.77. The number of halogens is 4. The number of rotatable bonds is 10. The molecule has 3 aromatic rings. The van der Waals surface area contributed by atoms with Gasteiger partial charge in [0.2, 0.25) is 15.9 Å². The highest BCUT2D eigenvalue weighted by Gasteiger charge is 2.34. The smallest absolute Gasteiger partial charge is 0.433 e. The lowest BCUT2D eigenvalue weighted by Crippen LogP contribution is -2.30. The second-order valence-corrected chi connectivity index (χ2v) is 13.1. The highest BCUT2D eigenvalue weighted by molar-refractivity contribution is 7.99. The van der Waals surface area contributed by atoms with Crippen molar-refractivity contribution in [2.75, 3.05) is 18.1 Å². The van der Waals surface area contributed by atoms with E-state index < -0.39 is 39.5 Å². The van der Waals surface area contributed by atoms with Crippen molar-refractivity contribution in [2.45, 2.75) is 61.0 Å². The van der Waals surface area contributed by atoms with Gasteiger partial charge < -0.3 is 10.1 Å². The molecule has 1 atom stereocenters. The number of amides is 1. The topological polar surface area (TPSA) is 97.4 Å². The zero-order valence-electron chi connectivity index (χ0n) is 23.0. The molecular weight excluding hydrogens is 594 g/mol. The Morgan fingerprint density at radius 1 is 1.05 bits per heavy atom. The molecule has 1 saturated carbocycles. The Morgan fingerprint density at radius 3 is 2.31 bits per heavy atom. The first-order valence-corrected chi connectivity index (χ1v) is 16.0. The van der Waals surface area contributed by atoms with Crippen LogP contribution in [0, 0.1) is 5.82 Å². The number of hydrogen-bond donors (Lipinski definition) is 2.